The molecule has 2 atom stereocenters. The molecule has 0 radical (unpaired) electrons. The molecule has 1 aromatic heterocycles. The molecule has 2 aliphatic heterocycles. The van der Waals surface area contributed by atoms with Gasteiger partial charge in [-0.3, -0.25) is 4.79 Å². The van der Waals surface area contributed by atoms with Crippen molar-refractivity contribution in [2.75, 3.05) is 36.5 Å². The van der Waals surface area contributed by atoms with Gasteiger partial charge in [-0.05, 0) is 25.3 Å². The van der Waals surface area contributed by atoms with E-state index in [2.05, 4.69) is 15.3 Å². The van der Waals surface area contributed by atoms with E-state index in [9.17, 15) is 4.79 Å². The Bertz CT molecular complexity index is 505. The van der Waals surface area contributed by atoms with Crippen molar-refractivity contribution >= 4 is 17.7 Å². The molecule has 3 heterocycles. The monoisotopic (exact) mass is 292 g/mol. The van der Waals surface area contributed by atoms with Crippen LogP contribution in [-0.4, -0.2) is 53.4 Å². The van der Waals surface area contributed by atoms with Crippen molar-refractivity contribution in [2.45, 2.75) is 25.3 Å². The molecule has 2 aliphatic rings. The van der Waals surface area contributed by atoms with E-state index in [-0.39, 0.29) is 12.0 Å². The smallest absolute Gasteiger partial charge is 0.308 e. The number of anilines is 2. The SMILES string of the molecule is O=C(O)C1CCN(c2nccc(NC3CCCOC3)n2)C1. The first-order valence-corrected chi connectivity index (χ1v) is 7.37. The van der Waals surface area contributed by atoms with Gasteiger partial charge in [0, 0.05) is 25.9 Å². The number of rotatable bonds is 4. The molecule has 0 aliphatic carbocycles. The Morgan fingerprint density at radius 1 is 1.48 bits per heavy atom. The predicted octanol–water partition coefficient (Wildman–Crippen LogP) is 0.978. The Hall–Kier alpha value is -1.89. The third-order valence-electron chi connectivity index (χ3n) is 3.98. The van der Waals surface area contributed by atoms with Gasteiger partial charge in [0.2, 0.25) is 5.95 Å². The summed E-state index contributed by atoms with van der Waals surface area (Å²) >= 11 is 0. The van der Waals surface area contributed by atoms with Gasteiger partial charge in [-0.2, -0.15) is 4.98 Å². The third kappa shape index (κ3) is 3.41. The average molecular weight is 292 g/mol. The van der Waals surface area contributed by atoms with Crippen LogP contribution >= 0.6 is 0 Å². The topological polar surface area (TPSA) is 87.6 Å². The number of carboxylic acids is 1. The summed E-state index contributed by atoms with van der Waals surface area (Å²) in [6.45, 7) is 2.69. The van der Waals surface area contributed by atoms with Crippen LogP contribution in [0.3, 0.4) is 0 Å². The summed E-state index contributed by atoms with van der Waals surface area (Å²) < 4.78 is 5.44. The summed E-state index contributed by atoms with van der Waals surface area (Å²) in [5.74, 6) is 0.304. The highest BCUT2D eigenvalue weighted by atomic mass is 16.5. The number of hydrogen-bond donors (Lipinski definition) is 2. The zero-order chi connectivity index (χ0) is 14.7. The minimum absolute atomic E-state index is 0.284. The lowest BCUT2D eigenvalue weighted by Gasteiger charge is -2.24. The molecule has 114 valence electrons. The summed E-state index contributed by atoms with van der Waals surface area (Å²) in [7, 11) is 0. The Kier molecular flexibility index (Phi) is 4.19. The van der Waals surface area contributed by atoms with E-state index < -0.39 is 5.97 Å². The number of aromatic nitrogens is 2. The number of hydrogen-bond acceptors (Lipinski definition) is 6. The summed E-state index contributed by atoms with van der Waals surface area (Å²) in [5, 5.41) is 12.4. The van der Waals surface area contributed by atoms with Crippen LogP contribution in [0.15, 0.2) is 12.3 Å². The Labute approximate surface area is 123 Å². The van der Waals surface area contributed by atoms with Crippen LogP contribution in [0.1, 0.15) is 19.3 Å². The number of carbonyl (C=O) groups is 1. The summed E-state index contributed by atoms with van der Waals surface area (Å²) in [6.07, 6.45) is 4.49. The number of nitrogens with zero attached hydrogens (tertiary/aromatic N) is 3. The fourth-order valence-electron chi connectivity index (χ4n) is 2.79. The summed E-state index contributed by atoms with van der Waals surface area (Å²) in [4.78, 5) is 21.7. The quantitative estimate of drug-likeness (QED) is 0.855. The van der Waals surface area contributed by atoms with Crippen molar-refractivity contribution in [3.05, 3.63) is 12.3 Å². The van der Waals surface area contributed by atoms with Gasteiger partial charge in [0.25, 0.3) is 0 Å². The molecule has 0 aromatic carbocycles. The Balaban J connectivity index is 1.64. The van der Waals surface area contributed by atoms with E-state index in [1.165, 1.54) is 0 Å². The van der Waals surface area contributed by atoms with Crippen LogP contribution in [0.5, 0.6) is 0 Å². The molecule has 7 nitrogen and oxygen atoms in total. The average Bonchev–Trinajstić information content (AvgIpc) is 2.99. The van der Waals surface area contributed by atoms with E-state index in [0.29, 0.717) is 32.1 Å². The molecular weight excluding hydrogens is 272 g/mol. The maximum Gasteiger partial charge on any atom is 0.308 e. The minimum Gasteiger partial charge on any atom is -0.481 e. The lowest BCUT2D eigenvalue weighted by Crippen LogP contribution is -2.31. The minimum atomic E-state index is -0.744. The molecule has 0 amide bonds. The zero-order valence-corrected chi connectivity index (χ0v) is 11.9. The van der Waals surface area contributed by atoms with Crippen LogP contribution in [0.4, 0.5) is 11.8 Å². The molecule has 0 bridgehead atoms. The van der Waals surface area contributed by atoms with Crippen molar-refractivity contribution in [2.24, 2.45) is 5.92 Å². The van der Waals surface area contributed by atoms with Gasteiger partial charge in [0.05, 0.1) is 18.6 Å². The molecule has 0 saturated carbocycles. The number of ether oxygens (including phenoxy) is 1. The first-order chi connectivity index (χ1) is 10.2. The molecule has 1 aromatic rings. The lowest BCUT2D eigenvalue weighted by atomic mass is 10.1. The molecule has 0 spiro atoms. The largest absolute Gasteiger partial charge is 0.481 e. The molecule has 2 saturated heterocycles. The summed E-state index contributed by atoms with van der Waals surface area (Å²) in [6, 6.07) is 2.12. The van der Waals surface area contributed by atoms with E-state index >= 15 is 0 Å². The zero-order valence-electron chi connectivity index (χ0n) is 11.9. The fourth-order valence-corrected chi connectivity index (χ4v) is 2.79. The van der Waals surface area contributed by atoms with Gasteiger partial charge in [-0.1, -0.05) is 0 Å². The molecule has 2 unspecified atom stereocenters. The predicted molar refractivity (Wildman–Crippen MR) is 77.5 cm³/mol. The molecule has 21 heavy (non-hydrogen) atoms. The van der Waals surface area contributed by atoms with E-state index in [0.717, 1.165) is 25.3 Å². The Morgan fingerprint density at radius 2 is 2.38 bits per heavy atom. The third-order valence-corrected chi connectivity index (χ3v) is 3.98. The van der Waals surface area contributed by atoms with Gasteiger partial charge < -0.3 is 20.1 Å². The molecule has 2 fully saturated rings. The molecule has 3 rings (SSSR count). The fraction of sp³-hybridized carbons (Fsp3) is 0.643. The Morgan fingerprint density at radius 3 is 3.10 bits per heavy atom. The van der Waals surface area contributed by atoms with Gasteiger partial charge >= 0.3 is 5.97 Å². The normalized spacial score (nSPS) is 25.8. The van der Waals surface area contributed by atoms with Crippen LogP contribution in [0.2, 0.25) is 0 Å². The van der Waals surface area contributed by atoms with E-state index in [4.69, 9.17) is 9.84 Å². The second kappa shape index (κ2) is 6.26. The van der Waals surface area contributed by atoms with Crippen molar-refractivity contribution in [1.29, 1.82) is 0 Å². The van der Waals surface area contributed by atoms with Crippen molar-refractivity contribution in [3.63, 3.8) is 0 Å². The van der Waals surface area contributed by atoms with E-state index in [1.807, 2.05) is 11.0 Å². The van der Waals surface area contributed by atoms with Crippen LogP contribution in [0.25, 0.3) is 0 Å². The van der Waals surface area contributed by atoms with Crippen LogP contribution < -0.4 is 10.2 Å². The standard InChI is InChI=1S/C14H20N4O3/c19-13(20)10-4-6-18(8-10)14-15-5-3-12(17-14)16-11-2-1-7-21-9-11/h3,5,10-11H,1-2,4,6-9H2,(H,19,20)(H,15,16,17). The maximum absolute atomic E-state index is 11.0. The molecular formula is C14H20N4O3. The first kappa shape index (κ1) is 14.1. The van der Waals surface area contributed by atoms with E-state index in [1.54, 1.807) is 6.20 Å². The van der Waals surface area contributed by atoms with Gasteiger partial charge in [-0.25, -0.2) is 4.98 Å². The van der Waals surface area contributed by atoms with Gasteiger partial charge in [0.1, 0.15) is 5.82 Å². The molecule has 7 heteroatoms. The second-order valence-electron chi connectivity index (χ2n) is 5.57. The highest BCUT2D eigenvalue weighted by molar-refractivity contribution is 5.71. The number of aliphatic carboxylic acids is 1. The number of carboxylic acid groups (broad SMARTS) is 1. The molecule has 2 N–H and O–H groups in total. The van der Waals surface area contributed by atoms with Crippen LogP contribution in [-0.2, 0) is 9.53 Å². The van der Waals surface area contributed by atoms with Crippen molar-refractivity contribution < 1.29 is 14.6 Å². The number of nitrogens with one attached hydrogen (secondary N) is 1. The lowest BCUT2D eigenvalue weighted by molar-refractivity contribution is -0.140. The van der Waals surface area contributed by atoms with Crippen molar-refractivity contribution in [3.8, 4) is 0 Å². The van der Waals surface area contributed by atoms with Crippen LogP contribution in [0, 0.1) is 5.92 Å². The second-order valence-corrected chi connectivity index (χ2v) is 5.57. The van der Waals surface area contributed by atoms with Gasteiger partial charge in [-0.15, -0.1) is 0 Å². The first-order valence-electron chi connectivity index (χ1n) is 7.37. The highest BCUT2D eigenvalue weighted by Gasteiger charge is 2.29. The van der Waals surface area contributed by atoms with Crippen molar-refractivity contribution in [1.82, 2.24) is 9.97 Å². The van der Waals surface area contributed by atoms with Gasteiger partial charge in [0.15, 0.2) is 0 Å². The maximum atomic E-state index is 11.0. The highest BCUT2D eigenvalue weighted by Crippen LogP contribution is 2.22. The summed E-state index contributed by atoms with van der Waals surface area (Å²) in [5.41, 5.74) is 0.